The first-order chi connectivity index (χ1) is 7.66. The Labute approximate surface area is 99.7 Å². The van der Waals surface area contributed by atoms with E-state index >= 15 is 0 Å². The summed E-state index contributed by atoms with van der Waals surface area (Å²) in [5.41, 5.74) is 0. The molecule has 2 rings (SSSR count). The highest BCUT2D eigenvalue weighted by Crippen LogP contribution is 2.30. The molecule has 0 atom stereocenters. The Bertz CT molecular complexity index is 522. The van der Waals surface area contributed by atoms with E-state index in [0.717, 1.165) is 23.9 Å². The number of aromatic nitrogens is 2. The molecule has 1 aromatic heterocycles. The minimum atomic E-state index is -0.898. The number of nitrogens with zero attached hydrogens (tertiary/aromatic N) is 2. The lowest BCUT2D eigenvalue weighted by molar-refractivity contribution is 0.506. The van der Waals surface area contributed by atoms with E-state index in [2.05, 4.69) is 9.97 Å². The molecule has 0 aliphatic carbocycles. The number of benzene rings is 1. The van der Waals surface area contributed by atoms with Crippen molar-refractivity contribution >= 4 is 23.4 Å². The van der Waals surface area contributed by atoms with E-state index in [0.29, 0.717) is 9.92 Å². The summed E-state index contributed by atoms with van der Waals surface area (Å²) in [5, 5.41) is 0.687. The molecule has 0 saturated heterocycles. The van der Waals surface area contributed by atoms with Crippen LogP contribution in [0.15, 0.2) is 40.5 Å². The normalized spacial score (nSPS) is 10.4. The minimum Gasteiger partial charge on any atom is -0.245 e. The van der Waals surface area contributed by atoms with Crippen LogP contribution in [0.3, 0.4) is 0 Å². The molecule has 0 aliphatic heterocycles. The summed E-state index contributed by atoms with van der Waals surface area (Å²) in [7, 11) is 0. The zero-order valence-corrected chi connectivity index (χ0v) is 9.40. The van der Waals surface area contributed by atoms with Gasteiger partial charge in [0.05, 0.1) is 0 Å². The Balaban J connectivity index is 2.28. The highest BCUT2D eigenvalue weighted by molar-refractivity contribution is 7.99. The zero-order chi connectivity index (χ0) is 11.5. The predicted molar refractivity (Wildman–Crippen MR) is 57.5 cm³/mol. The van der Waals surface area contributed by atoms with Crippen LogP contribution in [-0.2, 0) is 0 Å². The second kappa shape index (κ2) is 4.76. The fourth-order valence-electron chi connectivity index (χ4n) is 1.03. The Morgan fingerprint density at radius 3 is 2.50 bits per heavy atom. The molecule has 0 amide bonds. The molecule has 1 heterocycles. The van der Waals surface area contributed by atoms with E-state index in [1.165, 1.54) is 18.5 Å². The van der Waals surface area contributed by atoms with Crippen molar-refractivity contribution in [3.05, 3.63) is 47.4 Å². The van der Waals surface area contributed by atoms with Gasteiger partial charge in [0.2, 0.25) is 0 Å². The predicted octanol–water partition coefficient (Wildman–Crippen LogP) is 3.56. The Morgan fingerprint density at radius 1 is 1.06 bits per heavy atom. The van der Waals surface area contributed by atoms with Gasteiger partial charge in [-0.1, -0.05) is 23.4 Å². The quantitative estimate of drug-likeness (QED) is 0.824. The molecule has 0 spiro atoms. The summed E-state index contributed by atoms with van der Waals surface area (Å²) >= 11 is 6.91. The molecule has 6 heteroatoms. The molecule has 16 heavy (non-hydrogen) atoms. The minimum absolute atomic E-state index is 0.234. The molecule has 0 bridgehead atoms. The van der Waals surface area contributed by atoms with Crippen molar-refractivity contribution < 1.29 is 8.78 Å². The second-order valence-electron chi connectivity index (χ2n) is 2.83. The van der Waals surface area contributed by atoms with Crippen LogP contribution in [-0.4, -0.2) is 9.97 Å². The third-order valence-corrected chi connectivity index (χ3v) is 3.10. The van der Waals surface area contributed by atoms with Crippen molar-refractivity contribution in [2.24, 2.45) is 0 Å². The highest BCUT2D eigenvalue weighted by atomic mass is 35.5. The van der Waals surface area contributed by atoms with Crippen LogP contribution in [0.25, 0.3) is 0 Å². The molecule has 0 radical (unpaired) electrons. The third-order valence-electron chi connectivity index (χ3n) is 1.73. The van der Waals surface area contributed by atoms with E-state index < -0.39 is 11.6 Å². The van der Waals surface area contributed by atoms with Gasteiger partial charge < -0.3 is 0 Å². The highest BCUT2D eigenvalue weighted by Gasteiger charge is 2.07. The van der Waals surface area contributed by atoms with Crippen molar-refractivity contribution in [3.8, 4) is 0 Å². The van der Waals surface area contributed by atoms with Crippen molar-refractivity contribution in [1.82, 2.24) is 9.97 Å². The lowest BCUT2D eigenvalue weighted by Crippen LogP contribution is -1.86. The van der Waals surface area contributed by atoms with Crippen molar-refractivity contribution in [1.29, 1.82) is 0 Å². The molecule has 0 saturated carbocycles. The maximum atomic E-state index is 12.9. The molecule has 0 N–H and O–H groups in total. The molecule has 2 aromatic rings. The van der Waals surface area contributed by atoms with Crippen molar-refractivity contribution in [3.63, 3.8) is 0 Å². The van der Waals surface area contributed by atoms with E-state index in [1.807, 2.05) is 0 Å². The largest absolute Gasteiger partial charge is 0.245 e. The number of rotatable bonds is 2. The van der Waals surface area contributed by atoms with Crippen LogP contribution in [0.4, 0.5) is 8.78 Å². The molecule has 1 aromatic carbocycles. The van der Waals surface area contributed by atoms with E-state index in [-0.39, 0.29) is 5.15 Å². The Hall–Kier alpha value is -1.20. The van der Waals surface area contributed by atoms with Crippen molar-refractivity contribution in [2.45, 2.75) is 9.92 Å². The molecular weight excluding hydrogens is 254 g/mol. The summed E-state index contributed by atoms with van der Waals surface area (Å²) in [4.78, 5) is 8.32. The second-order valence-corrected chi connectivity index (χ2v) is 4.25. The molecule has 82 valence electrons. The molecule has 2 nitrogen and oxygen atoms in total. The lowest BCUT2D eigenvalue weighted by atomic mass is 10.3. The maximum absolute atomic E-state index is 12.9. The first-order valence-electron chi connectivity index (χ1n) is 4.26. The number of halogens is 3. The fourth-order valence-corrected chi connectivity index (χ4v) is 2.02. The molecular formula is C10H5ClF2N2S. The van der Waals surface area contributed by atoms with Gasteiger partial charge in [-0.2, -0.15) is 0 Å². The van der Waals surface area contributed by atoms with Crippen LogP contribution in [0.5, 0.6) is 0 Å². The summed E-state index contributed by atoms with van der Waals surface area (Å²) in [5.74, 6) is -1.78. The fraction of sp³-hybridized carbons (Fsp3) is 0. The van der Waals surface area contributed by atoms with Gasteiger partial charge >= 0.3 is 0 Å². The summed E-state index contributed by atoms with van der Waals surface area (Å²) in [6.45, 7) is 0. The third kappa shape index (κ3) is 2.48. The first-order valence-corrected chi connectivity index (χ1v) is 5.45. The zero-order valence-electron chi connectivity index (χ0n) is 7.82. The van der Waals surface area contributed by atoms with Gasteiger partial charge in [-0.3, -0.25) is 0 Å². The Kier molecular flexibility index (Phi) is 3.36. The lowest BCUT2D eigenvalue weighted by Gasteiger charge is -2.02. The van der Waals surface area contributed by atoms with Crippen LogP contribution in [0.2, 0.25) is 5.15 Å². The van der Waals surface area contributed by atoms with Crippen LogP contribution >= 0.6 is 23.4 Å². The smallest absolute Gasteiger partial charge is 0.161 e. The van der Waals surface area contributed by atoms with Crippen LogP contribution in [0, 0.1) is 11.6 Å². The average molecular weight is 259 g/mol. The summed E-state index contributed by atoms with van der Waals surface area (Å²) in [6.07, 6.45) is 2.94. The van der Waals surface area contributed by atoms with E-state index in [1.54, 1.807) is 0 Å². The van der Waals surface area contributed by atoms with Gasteiger partial charge in [-0.25, -0.2) is 18.7 Å². The first kappa shape index (κ1) is 11.3. The molecule has 0 unspecified atom stereocenters. The maximum Gasteiger partial charge on any atom is 0.161 e. The molecule has 0 aliphatic rings. The summed E-state index contributed by atoms with van der Waals surface area (Å²) < 4.78 is 25.6. The summed E-state index contributed by atoms with van der Waals surface area (Å²) in [6, 6.07) is 3.60. The van der Waals surface area contributed by atoms with Gasteiger partial charge in [0.1, 0.15) is 5.03 Å². The molecule has 0 fully saturated rings. The number of hydrogen-bond acceptors (Lipinski definition) is 3. The van der Waals surface area contributed by atoms with Gasteiger partial charge in [0.25, 0.3) is 0 Å². The van der Waals surface area contributed by atoms with Gasteiger partial charge in [-0.05, 0) is 18.2 Å². The topological polar surface area (TPSA) is 25.8 Å². The average Bonchev–Trinajstić information content (AvgIpc) is 2.27. The van der Waals surface area contributed by atoms with Crippen LogP contribution < -0.4 is 0 Å². The SMILES string of the molecule is Fc1ccc(Sc2nccnc2Cl)cc1F. The van der Waals surface area contributed by atoms with Crippen LogP contribution in [0.1, 0.15) is 0 Å². The number of hydrogen-bond donors (Lipinski definition) is 0. The van der Waals surface area contributed by atoms with E-state index in [9.17, 15) is 8.78 Å². The standard InChI is InChI=1S/C10H5ClF2N2S/c11-9-10(15-4-3-14-9)16-6-1-2-7(12)8(13)5-6/h1-5H. The monoisotopic (exact) mass is 258 g/mol. The van der Waals surface area contributed by atoms with Gasteiger partial charge in [-0.15, -0.1) is 0 Å². The van der Waals surface area contributed by atoms with Gasteiger partial charge in [0.15, 0.2) is 16.8 Å². The van der Waals surface area contributed by atoms with Crippen molar-refractivity contribution in [2.75, 3.05) is 0 Å². The van der Waals surface area contributed by atoms with E-state index in [4.69, 9.17) is 11.6 Å². The van der Waals surface area contributed by atoms with Gasteiger partial charge in [0, 0.05) is 17.3 Å². The Morgan fingerprint density at radius 2 is 1.81 bits per heavy atom.